The lowest BCUT2D eigenvalue weighted by molar-refractivity contribution is 0.318. The fourth-order valence-corrected chi connectivity index (χ4v) is 0.557. The number of nitrogens with one attached hydrogen (secondary N) is 1. The summed E-state index contributed by atoms with van der Waals surface area (Å²) in [7, 11) is 0. The van der Waals surface area contributed by atoms with Crippen LogP contribution in [0.3, 0.4) is 0 Å². The molecule has 0 atom stereocenters. The summed E-state index contributed by atoms with van der Waals surface area (Å²) in [5.41, 5.74) is 0.435. The van der Waals surface area contributed by atoms with Gasteiger partial charge in [-0.15, -0.1) is 0 Å². The molecule has 0 saturated carbocycles. The van der Waals surface area contributed by atoms with E-state index >= 15 is 0 Å². The summed E-state index contributed by atoms with van der Waals surface area (Å²) in [6, 6.07) is 5.17. The van der Waals surface area contributed by atoms with Gasteiger partial charge in [-0.3, -0.25) is 10.4 Å². The molecular formula is C6H7N3O. The number of hydrogen-bond donors (Lipinski definition) is 2. The number of aromatic nitrogens is 1. The Morgan fingerprint density at radius 3 is 2.90 bits per heavy atom. The van der Waals surface area contributed by atoms with E-state index in [1.165, 1.54) is 0 Å². The third-order valence-corrected chi connectivity index (χ3v) is 1.02. The fourth-order valence-electron chi connectivity index (χ4n) is 0.557. The molecule has 0 amide bonds. The summed E-state index contributed by atoms with van der Waals surface area (Å²) in [5.74, 6) is 4.62. The van der Waals surface area contributed by atoms with Crippen molar-refractivity contribution in [2.24, 2.45) is 5.90 Å². The lowest BCUT2D eigenvalue weighted by Crippen LogP contribution is -2.11. The van der Waals surface area contributed by atoms with E-state index < -0.39 is 0 Å². The van der Waals surface area contributed by atoms with Crippen molar-refractivity contribution in [2.45, 2.75) is 0 Å². The Morgan fingerprint density at radius 1 is 1.60 bits per heavy atom. The van der Waals surface area contributed by atoms with Gasteiger partial charge in [-0.1, -0.05) is 6.07 Å². The highest BCUT2D eigenvalue weighted by atomic mass is 16.6. The summed E-state index contributed by atoms with van der Waals surface area (Å²) in [6.45, 7) is 0. The zero-order valence-corrected chi connectivity index (χ0v) is 5.24. The van der Waals surface area contributed by atoms with Crippen LogP contribution in [0.5, 0.6) is 0 Å². The molecule has 52 valence electrons. The van der Waals surface area contributed by atoms with Gasteiger partial charge in [-0.05, 0) is 12.1 Å². The van der Waals surface area contributed by atoms with Crippen molar-refractivity contribution in [2.75, 3.05) is 0 Å². The van der Waals surface area contributed by atoms with Crippen LogP contribution in [-0.2, 0) is 4.84 Å². The van der Waals surface area contributed by atoms with E-state index in [1.807, 2.05) is 0 Å². The van der Waals surface area contributed by atoms with Gasteiger partial charge in [0, 0.05) is 6.20 Å². The molecule has 0 bridgehead atoms. The summed E-state index contributed by atoms with van der Waals surface area (Å²) in [5, 5.41) is 7.07. The van der Waals surface area contributed by atoms with Crippen molar-refractivity contribution in [3.8, 4) is 0 Å². The second kappa shape index (κ2) is 2.93. The predicted octanol–water partition coefficient (Wildman–Crippen LogP) is 0.297. The molecular weight excluding hydrogens is 130 g/mol. The average Bonchev–Trinajstić information content (AvgIpc) is 2.05. The number of nitrogens with two attached hydrogens (primary N) is 1. The molecule has 0 spiro atoms. The maximum Gasteiger partial charge on any atom is 0.256 e. The van der Waals surface area contributed by atoms with Crippen molar-refractivity contribution in [1.82, 2.24) is 4.98 Å². The number of nitrogens with zero attached hydrogens (tertiary/aromatic N) is 1. The minimum atomic E-state index is -0.124. The Balaban J connectivity index is 2.85. The second-order valence-electron chi connectivity index (χ2n) is 1.66. The van der Waals surface area contributed by atoms with E-state index in [2.05, 4.69) is 9.82 Å². The molecule has 1 rings (SSSR count). The van der Waals surface area contributed by atoms with Gasteiger partial charge in [0.05, 0.1) is 0 Å². The first-order valence-corrected chi connectivity index (χ1v) is 2.71. The van der Waals surface area contributed by atoms with Crippen molar-refractivity contribution < 1.29 is 4.84 Å². The van der Waals surface area contributed by atoms with Crippen LogP contribution in [0, 0.1) is 5.41 Å². The standard InChI is InChI=1S/C6H7N3O/c7-6(10-8)5-3-1-2-4-9-5/h1-4,7H,8H2. The van der Waals surface area contributed by atoms with E-state index in [4.69, 9.17) is 11.3 Å². The minimum absolute atomic E-state index is 0.124. The monoisotopic (exact) mass is 137 g/mol. The van der Waals surface area contributed by atoms with Crippen molar-refractivity contribution in [3.05, 3.63) is 30.1 Å². The molecule has 1 aromatic rings. The lowest BCUT2D eigenvalue weighted by Gasteiger charge is -1.96. The number of pyridine rings is 1. The van der Waals surface area contributed by atoms with Crippen molar-refractivity contribution >= 4 is 5.90 Å². The van der Waals surface area contributed by atoms with Crippen LogP contribution in [0.25, 0.3) is 0 Å². The Labute approximate surface area is 58.1 Å². The van der Waals surface area contributed by atoms with Crippen molar-refractivity contribution in [3.63, 3.8) is 0 Å². The molecule has 3 N–H and O–H groups in total. The molecule has 0 aromatic carbocycles. The zero-order valence-electron chi connectivity index (χ0n) is 5.24. The van der Waals surface area contributed by atoms with Gasteiger partial charge in [0.1, 0.15) is 5.69 Å². The van der Waals surface area contributed by atoms with Crippen LogP contribution in [0.2, 0.25) is 0 Å². The van der Waals surface area contributed by atoms with Gasteiger partial charge in [-0.2, -0.15) is 5.90 Å². The number of rotatable bonds is 1. The topological polar surface area (TPSA) is 72.0 Å². The quantitative estimate of drug-likeness (QED) is 0.332. The lowest BCUT2D eigenvalue weighted by atomic mass is 10.3. The predicted molar refractivity (Wildman–Crippen MR) is 36.3 cm³/mol. The Bertz CT molecular complexity index is 222. The molecule has 10 heavy (non-hydrogen) atoms. The molecule has 0 radical (unpaired) electrons. The summed E-state index contributed by atoms with van der Waals surface area (Å²) in [4.78, 5) is 7.98. The Kier molecular flexibility index (Phi) is 1.96. The Hall–Kier alpha value is -1.42. The molecule has 1 aromatic heterocycles. The molecule has 0 saturated heterocycles. The maximum absolute atomic E-state index is 7.07. The average molecular weight is 137 g/mol. The van der Waals surface area contributed by atoms with E-state index in [9.17, 15) is 0 Å². The Morgan fingerprint density at radius 2 is 2.40 bits per heavy atom. The smallest absolute Gasteiger partial charge is 0.256 e. The van der Waals surface area contributed by atoms with Crippen LogP contribution in [-0.4, -0.2) is 10.9 Å². The minimum Gasteiger partial charge on any atom is -0.389 e. The third-order valence-electron chi connectivity index (χ3n) is 1.02. The molecule has 4 nitrogen and oxygen atoms in total. The first-order valence-electron chi connectivity index (χ1n) is 2.71. The summed E-state index contributed by atoms with van der Waals surface area (Å²) >= 11 is 0. The first-order chi connectivity index (χ1) is 4.84. The zero-order chi connectivity index (χ0) is 7.40. The molecule has 0 fully saturated rings. The molecule has 0 aliphatic heterocycles. The van der Waals surface area contributed by atoms with Crippen LogP contribution < -0.4 is 5.90 Å². The fraction of sp³-hybridized carbons (Fsp3) is 0. The third kappa shape index (κ3) is 1.29. The first kappa shape index (κ1) is 6.70. The molecule has 0 aliphatic carbocycles. The van der Waals surface area contributed by atoms with Gasteiger partial charge in [0.25, 0.3) is 5.90 Å². The SMILES string of the molecule is N=C(ON)c1ccccn1. The highest BCUT2D eigenvalue weighted by Crippen LogP contribution is 1.92. The summed E-state index contributed by atoms with van der Waals surface area (Å²) < 4.78 is 0. The highest BCUT2D eigenvalue weighted by molar-refractivity contribution is 5.89. The highest BCUT2D eigenvalue weighted by Gasteiger charge is 1.98. The maximum atomic E-state index is 7.07. The van der Waals surface area contributed by atoms with E-state index in [0.717, 1.165) is 0 Å². The largest absolute Gasteiger partial charge is 0.389 e. The second-order valence-corrected chi connectivity index (χ2v) is 1.66. The molecule has 0 unspecified atom stereocenters. The van der Waals surface area contributed by atoms with E-state index in [0.29, 0.717) is 5.69 Å². The molecule has 0 aliphatic rings. The van der Waals surface area contributed by atoms with Gasteiger partial charge in [0.15, 0.2) is 0 Å². The van der Waals surface area contributed by atoms with Crippen molar-refractivity contribution in [1.29, 1.82) is 5.41 Å². The number of hydrogen-bond acceptors (Lipinski definition) is 4. The van der Waals surface area contributed by atoms with Crippen LogP contribution in [0.4, 0.5) is 0 Å². The molecule has 1 heterocycles. The van der Waals surface area contributed by atoms with Gasteiger partial charge >= 0.3 is 0 Å². The van der Waals surface area contributed by atoms with Crippen LogP contribution in [0.1, 0.15) is 5.69 Å². The van der Waals surface area contributed by atoms with Gasteiger partial charge in [-0.25, -0.2) is 0 Å². The van der Waals surface area contributed by atoms with E-state index in [-0.39, 0.29) is 5.90 Å². The van der Waals surface area contributed by atoms with Gasteiger partial charge in [0.2, 0.25) is 0 Å². The van der Waals surface area contributed by atoms with Crippen LogP contribution in [0.15, 0.2) is 24.4 Å². The van der Waals surface area contributed by atoms with Gasteiger partial charge < -0.3 is 4.84 Å². The normalized spacial score (nSPS) is 8.90. The van der Waals surface area contributed by atoms with E-state index in [1.54, 1.807) is 24.4 Å². The van der Waals surface area contributed by atoms with Crippen LogP contribution >= 0.6 is 0 Å². The molecule has 4 heteroatoms. The summed E-state index contributed by atoms with van der Waals surface area (Å²) in [6.07, 6.45) is 1.57.